The summed E-state index contributed by atoms with van der Waals surface area (Å²) in [5.41, 5.74) is 1.84. The van der Waals surface area contributed by atoms with Crippen molar-refractivity contribution in [2.45, 2.75) is 13.5 Å². The van der Waals surface area contributed by atoms with Crippen molar-refractivity contribution in [3.8, 4) is 17.1 Å². The van der Waals surface area contributed by atoms with Crippen LogP contribution in [0.2, 0.25) is 0 Å². The van der Waals surface area contributed by atoms with Gasteiger partial charge in [0.25, 0.3) is 5.69 Å². The highest BCUT2D eigenvalue weighted by Crippen LogP contribution is 2.27. The zero-order valence-electron chi connectivity index (χ0n) is 15.8. The predicted molar refractivity (Wildman–Crippen MR) is 107 cm³/mol. The second-order valence-electron chi connectivity index (χ2n) is 5.96. The molecule has 10 nitrogen and oxygen atoms in total. The SMILES string of the molecule is CCOc1ccc(-c2noc(CNc3cc([N+](=O)[O-])ccc3NCCO)n2)cc1. The molecule has 0 saturated carbocycles. The van der Waals surface area contributed by atoms with Gasteiger partial charge in [-0.05, 0) is 37.3 Å². The molecular weight excluding hydrogens is 378 g/mol. The molecule has 0 saturated heterocycles. The van der Waals surface area contributed by atoms with Crippen LogP contribution < -0.4 is 15.4 Å². The van der Waals surface area contributed by atoms with Crippen molar-refractivity contribution in [2.24, 2.45) is 0 Å². The van der Waals surface area contributed by atoms with E-state index in [1.807, 2.05) is 31.2 Å². The molecule has 0 atom stereocenters. The highest BCUT2D eigenvalue weighted by Gasteiger charge is 2.13. The fraction of sp³-hybridized carbons (Fsp3) is 0.263. The smallest absolute Gasteiger partial charge is 0.271 e. The molecule has 0 bridgehead atoms. The predicted octanol–water partition coefficient (Wildman–Crippen LogP) is 3.06. The maximum absolute atomic E-state index is 11.0. The summed E-state index contributed by atoms with van der Waals surface area (Å²) in [6.45, 7) is 2.93. The van der Waals surface area contributed by atoms with Crippen LogP contribution in [0.5, 0.6) is 5.75 Å². The van der Waals surface area contributed by atoms with Crippen molar-refractivity contribution in [1.82, 2.24) is 10.1 Å². The molecule has 0 unspecified atom stereocenters. The third-order valence-electron chi connectivity index (χ3n) is 3.96. The van der Waals surface area contributed by atoms with Gasteiger partial charge >= 0.3 is 0 Å². The van der Waals surface area contributed by atoms with Crippen LogP contribution in [0.4, 0.5) is 17.1 Å². The average molecular weight is 399 g/mol. The number of ether oxygens (including phenoxy) is 1. The van der Waals surface area contributed by atoms with Crippen molar-refractivity contribution in [2.75, 3.05) is 30.4 Å². The van der Waals surface area contributed by atoms with Gasteiger partial charge in [0.1, 0.15) is 5.75 Å². The van der Waals surface area contributed by atoms with Crippen molar-refractivity contribution in [3.05, 3.63) is 58.5 Å². The molecule has 1 aromatic heterocycles. The molecule has 0 fully saturated rings. The van der Waals surface area contributed by atoms with Crippen LogP contribution >= 0.6 is 0 Å². The van der Waals surface area contributed by atoms with Crippen molar-refractivity contribution < 1.29 is 19.3 Å². The van der Waals surface area contributed by atoms with Crippen LogP contribution in [-0.2, 0) is 6.54 Å². The van der Waals surface area contributed by atoms with E-state index in [0.717, 1.165) is 11.3 Å². The Hall–Kier alpha value is -3.66. The van der Waals surface area contributed by atoms with E-state index >= 15 is 0 Å². The summed E-state index contributed by atoms with van der Waals surface area (Å²) in [4.78, 5) is 14.9. The van der Waals surface area contributed by atoms with Crippen LogP contribution in [0.15, 0.2) is 47.0 Å². The Balaban J connectivity index is 1.71. The summed E-state index contributed by atoms with van der Waals surface area (Å²) in [6.07, 6.45) is 0. The van der Waals surface area contributed by atoms with Crippen molar-refractivity contribution in [1.29, 1.82) is 0 Å². The summed E-state index contributed by atoms with van der Waals surface area (Å²) in [7, 11) is 0. The molecule has 10 heteroatoms. The topological polar surface area (TPSA) is 136 Å². The number of anilines is 2. The van der Waals surface area contributed by atoms with Gasteiger partial charge in [0, 0.05) is 24.2 Å². The minimum Gasteiger partial charge on any atom is -0.494 e. The van der Waals surface area contributed by atoms with Crippen LogP contribution in [0.3, 0.4) is 0 Å². The Morgan fingerprint density at radius 1 is 1.17 bits per heavy atom. The van der Waals surface area contributed by atoms with Gasteiger partial charge in [0.05, 0.1) is 36.1 Å². The molecule has 0 spiro atoms. The van der Waals surface area contributed by atoms with Gasteiger partial charge in [-0.15, -0.1) is 0 Å². The van der Waals surface area contributed by atoms with E-state index in [0.29, 0.717) is 36.2 Å². The molecule has 3 N–H and O–H groups in total. The first-order valence-electron chi connectivity index (χ1n) is 9.03. The maximum atomic E-state index is 11.0. The Morgan fingerprint density at radius 2 is 1.97 bits per heavy atom. The summed E-state index contributed by atoms with van der Waals surface area (Å²) < 4.78 is 10.7. The van der Waals surface area contributed by atoms with E-state index in [9.17, 15) is 10.1 Å². The number of aliphatic hydroxyl groups is 1. The minimum atomic E-state index is -0.474. The molecule has 29 heavy (non-hydrogen) atoms. The van der Waals surface area contributed by atoms with Gasteiger partial charge in [0.15, 0.2) is 0 Å². The first-order valence-corrected chi connectivity index (χ1v) is 9.03. The zero-order valence-corrected chi connectivity index (χ0v) is 15.8. The molecule has 0 radical (unpaired) electrons. The molecule has 3 rings (SSSR count). The van der Waals surface area contributed by atoms with Gasteiger partial charge in [0.2, 0.25) is 11.7 Å². The Kier molecular flexibility index (Phi) is 6.59. The van der Waals surface area contributed by atoms with E-state index in [2.05, 4.69) is 20.8 Å². The van der Waals surface area contributed by atoms with Crippen LogP contribution in [0, 0.1) is 10.1 Å². The highest BCUT2D eigenvalue weighted by atomic mass is 16.6. The van der Waals surface area contributed by atoms with Crippen molar-refractivity contribution in [3.63, 3.8) is 0 Å². The minimum absolute atomic E-state index is 0.0531. The van der Waals surface area contributed by atoms with E-state index in [4.69, 9.17) is 14.4 Å². The third-order valence-corrected chi connectivity index (χ3v) is 3.96. The summed E-state index contributed by atoms with van der Waals surface area (Å²) in [5, 5.41) is 30.1. The Morgan fingerprint density at radius 3 is 2.66 bits per heavy atom. The fourth-order valence-corrected chi connectivity index (χ4v) is 2.62. The number of nitro benzene ring substituents is 1. The van der Waals surface area contributed by atoms with Crippen LogP contribution in [0.1, 0.15) is 12.8 Å². The van der Waals surface area contributed by atoms with Gasteiger partial charge in [-0.3, -0.25) is 10.1 Å². The lowest BCUT2D eigenvalue weighted by Crippen LogP contribution is -2.09. The number of hydrogen-bond donors (Lipinski definition) is 3. The molecule has 2 aromatic carbocycles. The van der Waals surface area contributed by atoms with E-state index in [-0.39, 0.29) is 18.8 Å². The number of nitrogens with zero attached hydrogens (tertiary/aromatic N) is 3. The van der Waals surface area contributed by atoms with Gasteiger partial charge in [-0.1, -0.05) is 5.16 Å². The lowest BCUT2D eigenvalue weighted by Gasteiger charge is -2.12. The summed E-state index contributed by atoms with van der Waals surface area (Å²) in [6, 6.07) is 11.7. The largest absolute Gasteiger partial charge is 0.494 e. The maximum Gasteiger partial charge on any atom is 0.271 e. The first kappa shape index (κ1) is 20.1. The molecule has 0 aliphatic rings. The lowest BCUT2D eigenvalue weighted by atomic mass is 10.2. The summed E-state index contributed by atoms with van der Waals surface area (Å²) >= 11 is 0. The zero-order chi connectivity index (χ0) is 20.6. The summed E-state index contributed by atoms with van der Waals surface area (Å²) in [5.74, 6) is 1.52. The van der Waals surface area contributed by atoms with E-state index in [1.54, 1.807) is 6.07 Å². The monoisotopic (exact) mass is 399 g/mol. The normalized spacial score (nSPS) is 10.6. The Bertz CT molecular complexity index is 958. The molecule has 152 valence electrons. The number of aromatic nitrogens is 2. The van der Waals surface area contributed by atoms with E-state index < -0.39 is 4.92 Å². The second-order valence-corrected chi connectivity index (χ2v) is 5.96. The number of nitro groups is 1. The van der Waals surface area contributed by atoms with Crippen LogP contribution in [-0.4, -0.2) is 39.9 Å². The number of aliphatic hydroxyl groups excluding tert-OH is 1. The first-order chi connectivity index (χ1) is 14.1. The molecule has 0 aliphatic heterocycles. The molecule has 0 aliphatic carbocycles. The Labute approximate surface area is 166 Å². The van der Waals surface area contributed by atoms with Gasteiger partial charge in [-0.25, -0.2) is 0 Å². The quantitative estimate of drug-likeness (QED) is 0.347. The fourth-order valence-electron chi connectivity index (χ4n) is 2.62. The molecule has 3 aromatic rings. The number of non-ortho nitro benzene ring substituents is 1. The third kappa shape index (κ3) is 5.20. The molecule has 0 amide bonds. The number of hydrogen-bond acceptors (Lipinski definition) is 9. The average Bonchev–Trinajstić information content (AvgIpc) is 3.20. The van der Waals surface area contributed by atoms with Gasteiger partial charge < -0.3 is 25.0 Å². The van der Waals surface area contributed by atoms with Crippen molar-refractivity contribution >= 4 is 17.1 Å². The van der Waals surface area contributed by atoms with E-state index in [1.165, 1.54) is 12.1 Å². The molecular formula is C19H21N5O5. The number of rotatable bonds is 10. The second kappa shape index (κ2) is 9.51. The number of benzene rings is 2. The van der Waals surface area contributed by atoms with Crippen LogP contribution in [0.25, 0.3) is 11.4 Å². The molecule has 1 heterocycles. The van der Waals surface area contributed by atoms with Gasteiger partial charge in [-0.2, -0.15) is 4.98 Å². The highest BCUT2D eigenvalue weighted by molar-refractivity contribution is 5.72. The standard InChI is InChI=1S/C19H21N5O5/c1-2-28-15-6-3-13(4-7-15)19-22-18(29-23-19)12-21-17-11-14(24(26)27)5-8-16(17)20-9-10-25/h3-8,11,20-21,25H,2,9-10,12H2,1H3. The lowest BCUT2D eigenvalue weighted by molar-refractivity contribution is -0.384. The number of nitrogens with one attached hydrogen (secondary N) is 2.